The Balaban J connectivity index is 1.85. The molecule has 0 aliphatic carbocycles. The molecule has 4 N–H and O–H groups in total. The molecule has 3 atom stereocenters. The van der Waals surface area contributed by atoms with Crippen LogP contribution in [0.2, 0.25) is 0 Å². The lowest BCUT2D eigenvalue weighted by atomic mass is 9.73. The molecule has 2 aromatic rings. The third-order valence-corrected chi connectivity index (χ3v) is 6.18. The third kappa shape index (κ3) is 8.09. The van der Waals surface area contributed by atoms with E-state index in [-0.39, 0.29) is 24.5 Å². The number of carbonyl (C=O) groups is 5. The van der Waals surface area contributed by atoms with Gasteiger partial charge in [-0.3, -0.25) is 29.0 Å². The Morgan fingerprint density at radius 3 is 2.40 bits per heavy atom. The number of hydrogen-bond acceptors (Lipinski definition) is 9. The first-order valence-electron chi connectivity index (χ1n) is 12.8. The number of carbonyl (C=O) groups excluding carboxylic acids is 4. The van der Waals surface area contributed by atoms with E-state index in [4.69, 9.17) is 9.31 Å². The van der Waals surface area contributed by atoms with E-state index in [0.29, 0.717) is 0 Å². The van der Waals surface area contributed by atoms with Gasteiger partial charge in [-0.15, -0.1) is 0 Å². The molecule has 1 aliphatic heterocycles. The molecule has 3 amide bonds. The zero-order valence-corrected chi connectivity index (χ0v) is 22.5. The normalized spacial score (nSPS) is 18.0. The van der Waals surface area contributed by atoms with E-state index in [1.165, 1.54) is 25.6 Å². The van der Waals surface area contributed by atoms with Crippen molar-refractivity contribution in [1.29, 1.82) is 0 Å². The predicted octanol–water partition coefficient (Wildman–Crippen LogP) is 0.299. The van der Waals surface area contributed by atoms with Gasteiger partial charge in [0, 0.05) is 25.9 Å². The molecule has 1 aromatic heterocycles. The van der Waals surface area contributed by atoms with Gasteiger partial charge in [0.2, 0.25) is 11.8 Å². The van der Waals surface area contributed by atoms with E-state index in [9.17, 15) is 29.1 Å². The van der Waals surface area contributed by atoms with Crippen molar-refractivity contribution in [2.24, 2.45) is 5.92 Å². The standard InChI is InChI=1S/C26H32BN5O8/c1-16(2)11-20(27-39-25(38)26(40-27,14-22(34)35)13-21(33)28-3)32-23(36)18(12-17-7-5-4-6-8-17)31-24(37)19-15-29-9-10-30-19/h4-10,15-16,18,20H,11-14H2,1-3H3,(H,28,33)(H,31,37)(H,32,36)(H,34,35)/t18?,20-,26?/m0/s1. The smallest absolute Gasteiger partial charge is 0.506 e. The largest absolute Gasteiger partial charge is 0.552 e. The number of amides is 3. The Hall–Kier alpha value is -4.33. The van der Waals surface area contributed by atoms with Crippen LogP contribution in [0.15, 0.2) is 48.9 Å². The molecule has 2 unspecified atom stereocenters. The van der Waals surface area contributed by atoms with Crippen LogP contribution in [0.5, 0.6) is 0 Å². The second-order valence-corrected chi connectivity index (χ2v) is 9.86. The summed E-state index contributed by atoms with van der Waals surface area (Å²) < 4.78 is 11.2. The van der Waals surface area contributed by atoms with Crippen molar-refractivity contribution in [3.8, 4) is 0 Å². The van der Waals surface area contributed by atoms with E-state index in [0.717, 1.165) is 5.56 Å². The summed E-state index contributed by atoms with van der Waals surface area (Å²) in [5, 5.41) is 17.2. The SMILES string of the molecule is CNC(=O)CC1(CC(=O)O)OB([C@H](CC(C)C)NC(=O)C(Cc2ccccc2)NC(=O)c2cnccn2)OC1=O. The predicted molar refractivity (Wildman–Crippen MR) is 141 cm³/mol. The van der Waals surface area contributed by atoms with Gasteiger partial charge in [0.15, 0.2) is 5.60 Å². The molecule has 0 saturated carbocycles. The first kappa shape index (κ1) is 30.2. The summed E-state index contributed by atoms with van der Waals surface area (Å²) in [5.74, 6) is -5.11. The van der Waals surface area contributed by atoms with Crippen LogP contribution in [-0.4, -0.2) is 76.5 Å². The molecular weight excluding hydrogens is 521 g/mol. The van der Waals surface area contributed by atoms with E-state index in [2.05, 4.69) is 25.9 Å². The fourth-order valence-corrected chi connectivity index (χ4v) is 4.29. The lowest BCUT2D eigenvalue weighted by Gasteiger charge is -2.26. The topological polar surface area (TPSA) is 186 Å². The van der Waals surface area contributed by atoms with Gasteiger partial charge in [0.1, 0.15) is 11.7 Å². The summed E-state index contributed by atoms with van der Waals surface area (Å²) in [7, 11) is -0.0191. The number of aromatic nitrogens is 2. The van der Waals surface area contributed by atoms with Crippen molar-refractivity contribution in [2.75, 3.05) is 7.05 Å². The maximum Gasteiger partial charge on any atom is 0.552 e. The first-order valence-corrected chi connectivity index (χ1v) is 12.8. The molecule has 0 radical (unpaired) electrons. The summed E-state index contributed by atoms with van der Waals surface area (Å²) in [6, 6.07) is 7.98. The average molecular weight is 553 g/mol. The Bertz CT molecular complexity index is 1220. The highest BCUT2D eigenvalue weighted by atomic mass is 16.7. The highest BCUT2D eigenvalue weighted by Gasteiger charge is 2.57. The molecule has 13 nitrogen and oxygen atoms in total. The van der Waals surface area contributed by atoms with Crippen LogP contribution in [0, 0.1) is 5.92 Å². The van der Waals surface area contributed by atoms with Crippen LogP contribution in [-0.2, 0) is 34.9 Å². The van der Waals surface area contributed by atoms with Crippen LogP contribution < -0.4 is 16.0 Å². The molecule has 1 aromatic carbocycles. The number of carboxylic acid groups (broad SMARTS) is 1. The zero-order valence-electron chi connectivity index (χ0n) is 22.5. The van der Waals surface area contributed by atoms with Crippen LogP contribution >= 0.6 is 0 Å². The van der Waals surface area contributed by atoms with E-state index in [1.807, 2.05) is 19.9 Å². The van der Waals surface area contributed by atoms with Crippen molar-refractivity contribution in [1.82, 2.24) is 25.9 Å². The number of benzene rings is 1. The average Bonchev–Trinajstić information content (AvgIpc) is 3.22. The number of nitrogens with one attached hydrogen (secondary N) is 3. The summed E-state index contributed by atoms with van der Waals surface area (Å²) in [6.07, 6.45) is 3.09. The quantitative estimate of drug-likeness (QED) is 0.251. The minimum absolute atomic E-state index is 0.0113. The van der Waals surface area contributed by atoms with E-state index < -0.39 is 67.2 Å². The summed E-state index contributed by atoms with van der Waals surface area (Å²) in [5.41, 5.74) is -1.26. The molecule has 14 heteroatoms. The maximum atomic E-state index is 13.6. The van der Waals surface area contributed by atoms with E-state index in [1.54, 1.807) is 24.3 Å². The number of nitrogens with zero attached hydrogens (tertiary/aromatic N) is 2. The first-order chi connectivity index (χ1) is 19.0. The molecule has 0 spiro atoms. The number of aliphatic carboxylic acids is 1. The summed E-state index contributed by atoms with van der Waals surface area (Å²) in [6.45, 7) is 3.75. The maximum absolute atomic E-state index is 13.6. The molecule has 0 bridgehead atoms. The lowest BCUT2D eigenvalue weighted by molar-refractivity contribution is -0.154. The second kappa shape index (κ2) is 13.6. The van der Waals surface area contributed by atoms with Gasteiger partial charge in [0.25, 0.3) is 5.91 Å². The third-order valence-electron chi connectivity index (χ3n) is 6.18. The highest BCUT2D eigenvalue weighted by Crippen LogP contribution is 2.32. The van der Waals surface area contributed by atoms with Crippen molar-refractivity contribution in [3.63, 3.8) is 0 Å². The van der Waals surface area contributed by atoms with Crippen molar-refractivity contribution in [2.45, 2.75) is 57.1 Å². The molecule has 2 heterocycles. The zero-order chi connectivity index (χ0) is 29.3. The van der Waals surface area contributed by atoms with Gasteiger partial charge in [-0.1, -0.05) is 44.2 Å². The van der Waals surface area contributed by atoms with Crippen molar-refractivity contribution >= 4 is 36.8 Å². The fourth-order valence-electron chi connectivity index (χ4n) is 4.29. The van der Waals surface area contributed by atoms with E-state index >= 15 is 0 Å². The van der Waals surface area contributed by atoms with Gasteiger partial charge >= 0.3 is 19.1 Å². The highest BCUT2D eigenvalue weighted by molar-refractivity contribution is 6.51. The van der Waals surface area contributed by atoms with Crippen LogP contribution in [0.3, 0.4) is 0 Å². The molecule has 212 valence electrons. The molecule has 1 fully saturated rings. The number of carboxylic acids is 1. The lowest BCUT2D eigenvalue weighted by Crippen LogP contribution is -2.56. The van der Waals surface area contributed by atoms with Gasteiger partial charge in [0.05, 0.1) is 25.0 Å². The minimum atomic E-state index is -2.06. The summed E-state index contributed by atoms with van der Waals surface area (Å²) >= 11 is 0. The minimum Gasteiger partial charge on any atom is -0.506 e. The Labute approximate surface area is 231 Å². The summed E-state index contributed by atoms with van der Waals surface area (Å²) in [4.78, 5) is 70.8. The number of hydrogen-bond donors (Lipinski definition) is 4. The molecule has 1 saturated heterocycles. The Morgan fingerprint density at radius 2 is 1.80 bits per heavy atom. The molecule has 40 heavy (non-hydrogen) atoms. The van der Waals surface area contributed by atoms with Crippen molar-refractivity contribution in [3.05, 3.63) is 60.2 Å². The van der Waals surface area contributed by atoms with Gasteiger partial charge < -0.3 is 30.4 Å². The van der Waals surface area contributed by atoms with Gasteiger partial charge in [-0.05, 0) is 17.9 Å². The fraction of sp³-hybridized carbons (Fsp3) is 0.423. The van der Waals surface area contributed by atoms with Gasteiger partial charge in [-0.2, -0.15) is 0 Å². The Kier molecular flexibility index (Phi) is 10.3. The van der Waals surface area contributed by atoms with Crippen LogP contribution in [0.25, 0.3) is 0 Å². The van der Waals surface area contributed by atoms with Gasteiger partial charge in [-0.25, -0.2) is 4.98 Å². The molecule has 1 aliphatic rings. The second-order valence-electron chi connectivity index (χ2n) is 9.86. The number of rotatable bonds is 13. The molecule has 3 rings (SSSR count). The van der Waals surface area contributed by atoms with Crippen LogP contribution in [0.1, 0.15) is 49.2 Å². The molecular formula is C26H32BN5O8. The van der Waals surface area contributed by atoms with Crippen LogP contribution in [0.4, 0.5) is 0 Å². The monoisotopic (exact) mass is 553 g/mol. The Morgan fingerprint density at radius 1 is 1.07 bits per heavy atom. The van der Waals surface area contributed by atoms with Crippen molar-refractivity contribution < 1.29 is 38.4 Å².